The summed E-state index contributed by atoms with van der Waals surface area (Å²) in [6.07, 6.45) is 0. The van der Waals surface area contributed by atoms with E-state index in [1.54, 1.807) is 9.13 Å². The Morgan fingerprint density at radius 1 is 0.500 bits per heavy atom. The smallest absolute Gasteiger partial charge is 0.260 e. The van der Waals surface area contributed by atoms with Gasteiger partial charge in [-0.15, -0.1) is 0 Å². The average Bonchev–Trinajstić information content (AvgIpc) is 3.22. The number of hydrogen-bond acceptors (Lipinski definition) is 2. The highest BCUT2D eigenvalue weighted by Crippen LogP contribution is 2.42. The number of halogens is 1. The molecule has 0 bridgehead atoms. The van der Waals surface area contributed by atoms with Crippen molar-refractivity contribution in [3.8, 4) is 33.9 Å². The molecule has 2 aliphatic carbocycles. The minimum atomic E-state index is -0.628. The van der Waals surface area contributed by atoms with Gasteiger partial charge < -0.3 is 0 Å². The maximum absolute atomic E-state index is 14.8. The Kier molecular flexibility index (Phi) is 7.11. The summed E-state index contributed by atoms with van der Waals surface area (Å²) >= 11 is 3.58. The molecule has 44 heavy (non-hydrogen) atoms. The number of fused-ring (bicyclic) bond motifs is 2. The first kappa shape index (κ1) is 27.8. The van der Waals surface area contributed by atoms with E-state index in [0.717, 1.165) is 55.1 Å². The van der Waals surface area contributed by atoms with Gasteiger partial charge in [-0.3, -0.25) is 18.7 Å². The van der Waals surface area contributed by atoms with Crippen LogP contribution in [0, 0.1) is 13.8 Å². The third-order valence-electron chi connectivity index (χ3n) is 8.32. The van der Waals surface area contributed by atoms with Crippen LogP contribution in [-0.4, -0.2) is 9.13 Å². The molecule has 0 N–H and O–H groups in total. The fourth-order valence-corrected chi connectivity index (χ4v) is 6.47. The molecule has 0 saturated carbocycles. The second-order valence-electron chi connectivity index (χ2n) is 11.2. The molecule has 0 unspecified atom stereocenters. The van der Waals surface area contributed by atoms with Crippen LogP contribution in [0.25, 0.3) is 33.9 Å². The molecule has 5 heteroatoms. The van der Waals surface area contributed by atoms with Crippen LogP contribution in [0.3, 0.4) is 0 Å². The summed E-state index contributed by atoms with van der Waals surface area (Å²) in [4.78, 5) is 29.6. The minimum absolute atomic E-state index is 0.140. The summed E-state index contributed by atoms with van der Waals surface area (Å²) in [5.74, 6) is -0.628. The molecule has 3 aromatic carbocycles. The van der Waals surface area contributed by atoms with Gasteiger partial charge in [-0.1, -0.05) is 112 Å². The van der Waals surface area contributed by atoms with Crippen LogP contribution in [0.4, 0.5) is 0 Å². The van der Waals surface area contributed by atoms with Crippen LogP contribution in [-0.2, 0) is 0 Å². The lowest BCUT2D eigenvalue weighted by Crippen LogP contribution is -2.24. The maximum Gasteiger partial charge on any atom is 0.260 e. The maximum atomic E-state index is 14.8. The molecule has 2 aliphatic heterocycles. The topological polar surface area (TPSA) is 44.0 Å². The Bertz CT molecular complexity index is 2040. The van der Waals surface area contributed by atoms with E-state index >= 15 is 0 Å². The van der Waals surface area contributed by atoms with Crippen molar-refractivity contribution in [3.05, 3.63) is 186 Å². The Balaban J connectivity index is 1.60. The van der Waals surface area contributed by atoms with Crippen LogP contribution >= 0.6 is 15.9 Å². The van der Waals surface area contributed by atoms with E-state index in [1.165, 1.54) is 0 Å². The number of aryl methyl sites for hydroxylation is 2. The van der Waals surface area contributed by atoms with Crippen LogP contribution in [0.1, 0.15) is 33.7 Å². The molecule has 0 amide bonds. The first-order chi connectivity index (χ1) is 21.4. The molecule has 2 heterocycles. The number of nitrogens with zero attached hydrogens (tertiary/aromatic N) is 2. The molecular weight excluding hydrogens is 608 g/mol. The van der Waals surface area contributed by atoms with Gasteiger partial charge in [0.1, 0.15) is 0 Å². The summed E-state index contributed by atoms with van der Waals surface area (Å²) in [6.45, 7) is 4.06. The SMILES string of the molecule is Cc1ccc(-n2c3cccccc-3c(C(c3ccc(Br)cc3)c3c4cccccc-4n(-c4ccc(C)cc4)c3=O)c2=O)cc1. The Morgan fingerprint density at radius 3 is 1.34 bits per heavy atom. The van der Waals surface area contributed by atoms with Crippen LogP contribution in [0.5, 0.6) is 0 Å². The van der Waals surface area contributed by atoms with E-state index in [-0.39, 0.29) is 11.1 Å². The van der Waals surface area contributed by atoms with Gasteiger partial charge in [-0.25, -0.2) is 0 Å². The van der Waals surface area contributed by atoms with E-state index in [0.29, 0.717) is 11.1 Å². The molecule has 0 spiro atoms. The van der Waals surface area contributed by atoms with E-state index in [2.05, 4.69) is 15.9 Å². The number of hydrogen-bond donors (Lipinski definition) is 0. The number of aromatic nitrogens is 2. The van der Waals surface area contributed by atoms with Crippen molar-refractivity contribution in [3.63, 3.8) is 0 Å². The zero-order valence-electron chi connectivity index (χ0n) is 24.4. The van der Waals surface area contributed by atoms with Crippen molar-refractivity contribution in [1.82, 2.24) is 9.13 Å². The van der Waals surface area contributed by atoms with Crippen molar-refractivity contribution >= 4 is 15.9 Å². The number of rotatable bonds is 5. The van der Waals surface area contributed by atoms with Gasteiger partial charge in [0.15, 0.2) is 0 Å². The summed E-state index contributed by atoms with van der Waals surface area (Å²) in [5.41, 5.74) is 8.74. The van der Waals surface area contributed by atoms with Gasteiger partial charge in [0.25, 0.3) is 11.1 Å². The van der Waals surface area contributed by atoms with Crippen molar-refractivity contribution in [1.29, 1.82) is 0 Å². The van der Waals surface area contributed by atoms with Crippen LogP contribution in [0.15, 0.2) is 148 Å². The van der Waals surface area contributed by atoms with E-state index < -0.39 is 5.92 Å². The Morgan fingerprint density at radius 2 is 0.909 bits per heavy atom. The van der Waals surface area contributed by atoms with Crippen molar-refractivity contribution in [2.45, 2.75) is 19.8 Å². The summed E-state index contributed by atoms with van der Waals surface area (Å²) in [5, 5.41) is 0. The summed E-state index contributed by atoms with van der Waals surface area (Å²) < 4.78 is 4.48. The van der Waals surface area contributed by atoms with Crippen LogP contribution in [0.2, 0.25) is 0 Å². The van der Waals surface area contributed by atoms with Gasteiger partial charge in [0.2, 0.25) is 0 Å². The first-order valence-corrected chi connectivity index (χ1v) is 15.4. The fourth-order valence-electron chi connectivity index (χ4n) is 6.20. The second kappa shape index (κ2) is 11.3. The normalized spacial score (nSPS) is 11.5. The fraction of sp³-hybridized carbons (Fsp3) is 0.0769. The zero-order chi connectivity index (χ0) is 30.4. The third-order valence-corrected chi connectivity index (χ3v) is 8.85. The number of benzene rings is 3. The minimum Gasteiger partial charge on any atom is -0.277 e. The van der Waals surface area contributed by atoms with Gasteiger partial charge in [-0.2, -0.15) is 0 Å². The van der Waals surface area contributed by atoms with Gasteiger partial charge in [-0.05, 0) is 67.9 Å². The van der Waals surface area contributed by atoms with Gasteiger partial charge >= 0.3 is 0 Å². The molecular formula is C39H29BrN2O2. The summed E-state index contributed by atoms with van der Waals surface area (Å²) in [6, 6.07) is 43.6. The second-order valence-corrected chi connectivity index (χ2v) is 12.1. The molecule has 214 valence electrons. The molecule has 0 saturated heterocycles. The van der Waals surface area contributed by atoms with Gasteiger partial charge in [0, 0.05) is 44.0 Å². The summed E-state index contributed by atoms with van der Waals surface area (Å²) in [7, 11) is 0. The molecule has 0 fully saturated rings. The molecule has 4 aliphatic rings. The standard InChI is InChI=1S/C39H29BrN2O2/c1-25-13-21-29(22-14-25)41-33-11-7-3-5-9-31(33)36(38(41)43)35(27-17-19-28(40)20-18-27)37-32-10-6-4-8-12-34(32)42(39(37)44)30-23-15-26(2)16-24-30/h3-24,35H,1-2H3. The quantitative estimate of drug-likeness (QED) is 0.190. The Hall–Kier alpha value is -5.00. The predicted molar refractivity (Wildman–Crippen MR) is 182 cm³/mol. The van der Waals surface area contributed by atoms with Crippen molar-refractivity contribution < 1.29 is 0 Å². The lowest BCUT2D eigenvalue weighted by atomic mass is 9.83. The largest absolute Gasteiger partial charge is 0.277 e. The highest BCUT2D eigenvalue weighted by atomic mass is 79.9. The Labute approximate surface area is 264 Å². The lowest BCUT2D eigenvalue weighted by Gasteiger charge is -2.17. The van der Waals surface area contributed by atoms with E-state index in [1.807, 2.05) is 147 Å². The zero-order valence-corrected chi connectivity index (χ0v) is 26.0. The first-order valence-electron chi connectivity index (χ1n) is 14.6. The van der Waals surface area contributed by atoms with Crippen molar-refractivity contribution in [2.75, 3.05) is 0 Å². The van der Waals surface area contributed by atoms with E-state index in [9.17, 15) is 9.59 Å². The molecule has 0 radical (unpaired) electrons. The van der Waals surface area contributed by atoms with E-state index in [4.69, 9.17) is 0 Å². The molecule has 7 rings (SSSR count). The predicted octanol–water partition coefficient (Wildman–Crippen LogP) is 8.76. The molecule has 0 atom stereocenters. The highest BCUT2D eigenvalue weighted by Gasteiger charge is 2.35. The lowest BCUT2D eigenvalue weighted by molar-refractivity contribution is 0.920. The monoisotopic (exact) mass is 636 g/mol. The third kappa shape index (κ3) is 4.70. The van der Waals surface area contributed by atoms with Crippen molar-refractivity contribution in [2.24, 2.45) is 0 Å². The average molecular weight is 638 g/mol. The van der Waals surface area contributed by atoms with Crippen LogP contribution < -0.4 is 11.1 Å². The highest BCUT2D eigenvalue weighted by molar-refractivity contribution is 9.10. The molecule has 3 aromatic rings. The van der Waals surface area contributed by atoms with Gasteiger partial charge in [0.05, 0.1) is 11.4 Å². The molecule has 4 nitrogen and oxygen atoms in total. The molecule has 0 aromatic heterocycles.